The van der Waals surface area contributed by atoms with Gasteiger partial charge >= 0.3 is 0 Å². The van der Waals surface area contributed by atoms with Crippen LogP contribution in [0, 0.1) is 5.82 Å². The van der Waals surface area contributed by atoms with Gasteiger partial charge in [0.2, 0.25) is 0 Å². The SMILES string of the molecule is Fc1ccc(CCn2c(C3CC3)nnc2C2(c3ccccn3)CCC2)cc1. The lowest BCUT2D eigenvalue weighted by atomic mass is 9.65. The van der Waals surface area contributed by atoms with Gasteiger partial charge in [0.15, 0.2) is 0 Å². The maximum absolute atomic E-state index is 13.2. The van der Waals surface area contributed by atoms with E-state index in [1.54, 1.807) is 0 Å². The van der Waals surface area contributed by atoms with Crippen molar-refractivity contribution in [1.29, 1.82) is 0 Å². The second-order valence-electron chi connectivity index (χ2n) is 7.83. The van der Waals surface area contributed by atoms with E-state index in [1.165, 1.54) is 31.4 Å². The van der Waals surface area contributed by atoms with E-state index in [0.29, 0.717) is 5.92 Å². The molecular weight excluding hydrogens is 339 g/mol. The van der Waals surface area contributed by atoms with Crippen LogP contribution in [0.15, 0.2) is 48.7 Å². The monoisotopic (exact) mass is 362 g/mol. The second-order valence-corrected chi connectivity index (χ2v) is 7.83. The Labute approximate surface area is 158 Å². The largest absolute Gasteiger partial charge is 0.314 e. The first kappa shape index (κ1) is 16.6. The number of hydrogen-bond acceptors (Lipinski definition) is 3. The highest BCUT2D eigenvalue weighted by Gasteiger charge is 2.46. The minimum absolute atomic E-state index is 0.107. The molecule has 0 spiro atoms. The summed E-state index contributed by atoms with van der Waals surface area (Å²) < 4.78 is 15.5. The molecule has 27 heavy (non-hydrogen) atoms. The summed E-state index contributed by atoms with van der Waals surface area (Å²) >= 11 is 0. The predicted molar refractivity (Wildman–Crippen MR) is 101 cm³/mol. The summed E-state index contributed by atoms with van der Waals surface area (Å²) in [7, 11) is 0. The van der Waals surface area contributed by atoms with Gasteiger partial charge in [-0.15, -0.1) is 10.2 Å². The molecule has 138 valence electrons. The molecule has 3 aromatic rings. The van der Waals surface area contributed by atoms with Crippen LogP contribution < -0.4 is 0 Å². The molecule has 2 aromatic heterocycles. The average Bonchev–Trinajstić information content (AvgIpc) is 3.42. The Balaban J connectivity index is 1.50. The third-order valence-electron chi connectivity index (χ3n) is 6.05. The minimum atomic E-state index is -0.189. The van der Waals surface area contributed by atoms with Gasteiger partial charge in [0.1, 0.15) is 17.5 Å². The number of aryl methyl sites for hydroxylation is 1. The Kier molecular flexibility index (Phi) is 4.03. The summed E-state index contributed by atoms with van der Waals surface area (Å²) in [6, 6.07) is 12.9. The minimum Gasteiger partial charge on any atom is -0.314 e. The van der Waals surface area contributed by atoms with Gasteiger partial charge in [-0.05, 0) is 61.9 Å². The molecule has 2 heterocycles. The van der Waals surface area contributed by atoms with Gasteiger partial charge in [-0.1, -0.05) is 24.6 Å². The topological polar surface area (TPSA) is 43.6 Å². The Hall–Kier alpha value is -2.56. The number of benzene rings is 1. The maximum Gasteiger partial charge on any atom is 0.145 e. The zero-order chi connectivity index (χ0) is 18.3. The Bertz CT molecular complexity index is 925. The highest BCUT2D eigenvalue weighted by atomic mass is 19.1. The van der Waals surface area contributed by atoms with E-state index in [1.807, 2.05) is 24.4 Å². The van der Waals surface area contributed by atoms with Crippen molar-refractivity contribution in [2.24, 2.45) is 0 Å². The molecule has 0 N–H and O–H groups in total. The lowest BCUT2D eigenvalue weighted by Gasteiger charge is -2.40. The van der Waals surface area contributed by atoms with Gasteiger partial charge < -0.3 is 4.57 Å². The average molecular weight is 362 g/mol. The van der Waals surface area contributed by atoms with Crippen LogP contribution in [0.3, 0.4) is 0 Å². The van der Waals surface area contributed by atoms with Crippen molar-refractivity contribution >= 4 is 0 Å². The van der Waals surface area contributed by atoms with Crippen LogP contribution in [0.2, 0.25) is 0 Å². The fraction of sp³-hybridized carbons (Fsp3) is 0.409. The molecule has 2 fully saturated rings. The number of halogens is 1. The zero-order valence-corrected chi connectivity index (χ0v) is 15.3. The van der Waals surface area contributed by atoms with Crippen LogP contribution in [-0.4, -0.2) is 19.7 Å². The fourth-order valence-corrected chi connectivity index (χ4v) is 4.20. The van der Waals surface area contributed by atoms with E-state index in [0.717, 1.165) is 48.7 Å². The predicted octanol–water partition coefficient (Wildman–Crippen LogP) is 4.40. The molecule has 1 aromatic carbocycles. The number of aromatic nitrogens is 4. The molecule has 2 aliphatic carbocycles. The number of rotatable bonds is 6. The molecule has 2 aliphatic rings. The molecule has 5 rings (SSSR count). The van der Waals surface area contributed by atoms with Crippen LogP contribution in [0.25, 0.3) is 0 Å². The van der Waals surface area contributed by atoms with Gasteiger partial charge in [0, 0.05) is 18.7 Å². The van der Waals surface area contributed by atoms with Gasteiger partial charge in [0.05, 0.1) is 11.1 Å². The van der Waals surface area contributed by atoms with Gasteiger partial charge in [-0.2, -0.15) is 0 Å². The molecule has 0 bridgehead atoms. The van der Waals surface area contributed by atoms with Crippen LogP contribution in [0.5, 0.6) is 0 Å². The number of pyridine rings is 1. The molecule has 0 unspecified atom stereocenters. The normalized spacial score (nSPS) is 18.3. The van der Waals surface area contributed by atoms with Crippen molar-refractivity contribution in [3.63, 3.8) is 0 Å². The maximum atomic E-state index is 13.2. The van der Waals surface area contributed by atoms with Crippen LogP contribution >= 0.6 is 0 Å². The van der Waals surface area contributed by atoms with Crippen molar-refractivity contribution in [3.05, 3.63) is 77.4 Å². The standard InChI is InChI=1S/C22H23FN4/c23-18-9-5-16(6-10-18)11-15-27-20(17-7-8-17)25-26-21(27)22(12-3-13-22)19-4-1-2-14-24-19/h1-2,4-6,9-10,14,17H,3,7-8,11-13,15H2. The Morgan fingerprint density at radius 2 is 1.85 bits per heavy atom. The van der Waals surface area contributed by atoms with Crippen molar-refractivity contribution in [2.75, 3.05) is 0 Å². The first-order valence-electron chi connectivity index (χ1n) is 9.86. The van der Waals surface area contributed by atoms with Crippen LogP contribution in [0.1, 0.15) is 60.9 Å². The lowest BCUT2D eigenvalue weighted by molar-refractivity contribution is 0.267. The third kappa shape index (κ3) is 2.95. The van der Waals surface area contributed by atoms with E-state index in [9.17, 15) is 4.39 Å². The van der Waals surface area contributed by atoms with E-state index in [4.69, 9.17) is 0 Å². The molecule has 0 atom stereocenters. The van der Waals surface area contributed by atoms with E-state index >= 15 is 0 Å². The Morgan fingerprint density at radius 3 is 2.48 bits per heavy atom. The summed E-state index contributed by atoms with van der Waals surface area (Å²) in [6.07, 6.45) is 8.46. The molecule has 0 saturated heterocycles. The molecule has 5 heteroatoms. The van der Waals surface area contributed by atoms with Gasteiger partial charge in [0.25, 0.3) is 0 Å². The molecule has 4 nitrogen and oxygen atoms in total. The fourth-order valence-electron chi connectivity index (χ4n) is 4.20. The second kappa shape index (κ2) is 6.55. The summed E-state index contributed by atoms with van der Waals surface area (Å²) in [4.78, 5) is 4.67. The van der Waals surface area contributed by atoms with E-state index < -0.39 is 0 Å². The molecule has 0 amide bonds. The van der Waals surface area contributed by atoms with Crippen molar-refractivity contribution in [3.8, 4) is 0 Å². The third-order valence-corrected chi connectivity index (χ3v) is 6.05. The first-order chi connectivity index (χ1) is 13.3. The number of nitrogens with zero attached hydrogens (tertiary/aromatic N) is 4. The summed E-state index contributed by atoms with van der Waals surface area (Å²) in [5.74, 6) is 2.54. The highest BCUT2D eigenvalue weighted by molar-refractivity contribution is 5.32. The zero-order valence-electron chi connectivity index (χ0n) is 15.3. The van der Waals surface area contributed by atoms with Crippen molar-refractivity contribution in [1.82, 2.24) is 19.7 Å². The van der Waals surface area contributed by atoms with Crippen LogP contribution in [-0.2, 0) is 18.4 Å². The molecule has 0 radical (unpaired) electrons. The van der Waals surface area contributed by atoms with Gasteiger partial charge in [-0.3, -0.25) is 4.98 Å². The lowest BCUT2D eigenvalue weighted by Crippen LogP contribution is -2.39. The summed E-state index contributed by atoms with van der Waals surface area (Å²) in [5.41, 5.74) is 2.14. The van der Waals surface area contributed by atoms with E-state index in [-0.39, 0.29) is 11.2 Å². The van der Waals surface area contributed by atoms with Crippen molar-refractivity contribution < 1.29 is 4.39 Å². The van der Waals surface area contributed by atoms with Crippen molar-refractivity contribution in [2.45, 2.75) is 56.4 Å². The molecule has 0 aliphatic heterocycles. The quantitative estimate of drug-likeness (QED) is 0.653. The van der Waals surface area contributed by atoms with Crippen LogP contribution in [0.4, 0.5) is 4.39 Å². The summed E-state index contributed by atoms with van der Waals surface area (Å²) in [5, 5.41) is 9.29. The summed E-state index contributed by atoms with van der Waals surface area (Å²) in [6.45, 7) is 0.828. The highest BCUT2D eigenvalue weighted by Crippen LogP contribution is 2.49. The van der Waals surface area contributed by atoms with E-state index in [2.05, 4.69) is 31.9 Å². The first-order valence-corrected chi connectivity index (χ1v) is 9.86. The smallest absolute Gasteiger partial charge is 0.145 e. The number of hydrogen-bond donors (Lipinski definition) is 0. The Morgan fingerprint density at radius 1 is 1.04 bits per heavy atom. The molecule has 2 saturated carbocycles. The molecular formula is C22H23FN4. The van der Waals surface area contributed by atoms with Gasteiger partial charge in [-0.25, -0.2) is 4.39 Å².